The van der Waals surface area contributed by atoms with Crippen LogP contribution in [-0.2, 0) is 24.8 Å². The molecule has 0 bridgehead atoms. The average molecular weight is 478 g/mol. The summed E-state index contributed by atoms with van der Waals surface area (Å²) in [6.45, 7) is 8.05. The lowest BCUT2D eigenvalue weighted by atomic mass is 9.98. The summed E-state index contributed by atoms with van der Waals surface area (Å²) < 4.78 is 5.61. The second-order valence-corrected chi connectivity index (χ2v) is 9.32. The van der Waals surface area contributed by atoms with Crippen molar-refractivity contribution < 1.29 is 9.59 Å². The predicted molar refractivity (Wildman–Crippen MR) is 137 cm³/mol. The molecule has 2 N–H and O–H groups in total. The Morgan fingerprint density at radius 2 is 1.74 bits per heavy atom. The predicted octanol–water partition coefficient (Wildman–Crippen LogP) is 3.33. The monoisotopic (exact) mass is 477 g/mol. The Balaban J connectivity index is 1.85. The molecule has 0 saturated carbocycles. The van der Waals surface area contributed by atoms with Gasteiger partial charge in [0.05, 0.1) is 16.8 Å². The summed E-state index contributed by atoms with van der Waals surface area (Å²) >= 11 is 0. The number of benzene rings is 1. The number of para-hydroxylation sites is 1. The number of carbonyl (C=O) groups is 2. The Morgan fingerprint density at radius 1 is 1.03 bits per heavy atom. The van der Waals surface area contributed by atoms with Crippen LogP contribution in [0.4, 0.5) is 0 Å². The number of nitrogens with two attached hydrogens (primary N) is 1. The van der Waals surface area contributed by atoms with Crippen LogP contribution in [0.25, 0.3) is 16.8 Å². The van der Waals surface area contributed by atoms with Gasteiger partial charge in [-0.2, -0.15) is 0 Å². The van der Waals surface area contributed by atoms with E-state index in [-0.39, 0.29) is 11.5 Å². The zero-order valence-electron chi connectivity index (χ0n) is 21.1. The summed E-state index contributed by atoms with van der Waals surface area (Å²) in [5.41, 5.74) is 10.6. The molecule has 3 heterocycles. The first kappa shape index (κ1) is 24.6. The van der Waals surface area contributed by atoms with Gasteiger partial charge in [0, 0.05) is 55.7 Å². The highest BCUT2D eigenvalue weighted by molar-refractivity contribution is 6.02. The van der Waals surface area contributed by atoms with Crippen LogP contribution in [0.15, 0.2) is 35.1 Å². The molecule has 35 heavy (non-hydrogen) atoms. The molecule has 0 aliphatic carbocycles. The largest absolute Gasteiger partial charge is 0.366 e. The number of aromatic nitrogens is 3. The van der Waals surface area contributed by atoms with E-state index in [1.807, 2.05) is 60.8 Å². The quantitative estimate of drug-likeness (QED) is 0.512. The zero-order valence-corrected chi connectivity index (χ0v) is 21.1. The number of amides is 2. The molecule has 1 saturated heterocycles. The molecule has 1 fully saturated rings. The number of hydrogen-bond acceptors (Lipinski definition) is 3. The van der Waals surface area contributed by atoms with Crippen LogP contribution in [-0.4, -0.2) is 43.7 Å². The van der Waals surface area contributed by atoms with Gasteiger partial charge >= 0.3 is 0 Å². The van der Waals surface area contributed by atoms with Gasteiger partial charge in [0.15, 0.2) is 0 Å². The summed E-state index contributed by atoms with van der Waals surface area (Å²) in [4.78, 5) is 40.5. The third-order valence-corrected chi connectivity index (χ3v) is 7.15. The summed E-state index contributed by atoms with van der Waals surface area (Å²) in [6.07, 6.45) is 3.89. The van der Waals surface area contributed by atoms with Crippen molar-refractivity contribution in [1.29, 1.82) is 0 Å². The van der Waals surface area contributed by atoms with Gasteiger partial charge in [0.25, 0.3) is 11.5 Å². The van der Waals surface area contributed by atoms with E-state index in [1.165, 1.54) is 0 Å². The fraction of sp³-hybridized carbons (Fsp3) is 0.444. The number of carbonyl (C=O) groups excluding carboxylic acids is 2. The number of hydrogen-bond donors (Lipinski definition) is 1. The molecule has 8 heteroatoms. The first-order chi connectivity index (χ1) is 16.8. The third-order valence-electron chi connectivity index (χ3n) is 7.15. The molecule has 0 atom stereocenters. The van der Waals surface area contributed by atoms with Crippen LogP contribution in [0.1, 0.15) is 60.0 Å². The van der Waals surface area contributed by atoms with E-state index in [0.29, 0.717) is 42.6 Å². The van der Waals surface area contributed by atoms with Crippen molar-refractivity contribution in [1.82, 2.24) is 18.8 Å². The standard InChI is InChI=1S/C27H35N5O3/c1-5-11-21-25(24-18(2)29(4)32(27(24)35)20-12-7-6-8-13-20)23(26(28)34)19(3)31(21)17-10-16-30-15-9-14-22(30)33/h6-8,12-13H,5,9-11,14-17H2,1-4H3,(H2,28,34). The SMILES string of the molecule is CCCc1c(-c2c(C)n(C)n(-c3ccccc3)c2=O)c(C(N)=O)c(C)n1CCCN1CCCC1=O. The Bertz CT molecular complexity index is 1310. The maximum absolute atomic E-state index is 13.8. The molecule has 0 spiro atoms. The summed E-state index contributed by atoms with van der Waals surface area (Å²) in [5.74, 6) is -0.319. The van der Waals surface area contributed by atoms with Crippen LogP contribution in [0, 0.1) is 13.8 Å². The highest BCUT2D eigenvalue weighted by Gasteiger charge is 2.30. The maximum atomic E-state index is 13.8. The van der Waals surface area contributed by atoms with Gasteiger partial charge in [-0.1, -0.05) is 31.5 Å². The Kier molecular flexibility index (Phi) is 7.00. The molecule has 1 aliphatic heterocycles. The van der Waals surface area contributed by atoms with Gasteiger partial charge in [0.1, 0.15) is 0 Å². The van der Waals surface area contributed by atoms with E-state index in [0.717, 1.165) is 48.6 Å². The van der Waals surface area contributed by atoms with Crippen LogP contribution >= 0.6 is 0 Å². The number of likely N-dealkylation sites (tertiary alicyclic amines) is 1. The van der Waals surface area contributed by atoms with Crippen LogP contribution in [0.5, 0.6) is 0 Å². The van der Waals surface area contributed by atoms with Gasteiger partial charge in [-0.25, -0.2) is 4.68 Å². The fourth-order valence-corrected chi connectivity index (χ4v) is 5.38. The van der Waals surface area contributed by atoms with Crippen molar-refractivity contribution >= 4 is 11.8 Å². The average Bonchev–Trinajstić information content (AvgIpc) is 3.42. The van der Waals surface area contributed by atoms with Gasteiger partial charge in [-0.3, -0.25) is 19.1 Å². The number of rotatable bonds is 9. The lowest BCUT2D eigenvalue weighted by Gasteiger charge is -2.17. The van der Waals surface area contributed by atoms with E-state index in [1.54, 1.807) is 4.68 Å². The van der Waals surface area contributed by atoms with E-state index in [4.69, 9.17) is 5.73 Å². The van der Waals surface area contributed by atoms with Gasteiger partial charge < -0.3 is 15.2 Å². The molecule has 0 radical (unpaired) electrons. The van der Waals surface area contributed by atoms with E-state index < -0.39 is 5.91 Å². The molecule has 2 amide bonds. The summed E-state index contributed by atoms with van der Waals surface area (Å²) in [6, 6.07) is 9.49. The van der Waals surface area contributed by atoms with Crippen molar-refractivity contribution in [2.24, 2.45) is 12.8 Å². The first-order valence-electron chi connectivity index (χ1n) is 12.4. The van der Waals surface area contributed by atoms with Crippen LogP contribution in [0.3, 0.4) is 0 Å². The minimum Gasteiger partial charge on any atom is -0.366 e. The molecule has 2 aromatic heterocycles. The molecule has 1 aromatic carbocycles. The highest BCUT2D eigenvalue weighted by atomic mass is 16.2. The molecule has 1 aliphatic rings. The maximum Gasteiger partial charge on any atom is 0.279 e. The molecule has 8 nitrogen and oxygen atoms in total. The highest BCUT2D eigenvalue weighted by Crippen LogP contribution is 2.34. The van der Waals surface area contributed by atoms with E-state index in [9.17, 15) is 14.4 Å². The minimum absolute atomic E-state index is 0.170. The van der Waals surface area contributed by atoms with Gasteiger partial charge in [0.2, 0.25) is 5.91 Å². The van der Waals surface area contributed by atoms with Crippen molar-refractivity contribution in [3.05, 3.63) is 63.3 Å². The molecular weight excluding hydrogens is 442 g/mol. The Labute approximate surface area is 205 Å². The molecule has 186 valence electrons. The van der Waals surface area contributed by atoms with Crippen molar-refractivity contribution in [2.75, 3.05) is 13.1 Å². The molecule has 3 aromatic rings. The second kappa shape index (κ2) is 9.98. The van der Waals surface area contributed by atoms with Crippen molar-refractivity contribution in [2.45, 2.75) is 59.4 Å². The van der Waals surface area contributed by atoms with Crippen molar-refractivity contribution in [3.63, 3.8) is 0 Å². The zero-order chi connectivity index (χ0) is 25.3. The molecule has 0 unspecified atom stereocenters. The normalized spacial score (nSPS) is 13.7. The van der Waals surface area contributed by atoms with Gasteiger partial charge in [-0.05, 0) is 45.2 Å². The lowest BCUT2D eigenvalue weighted by Crippen LogP contribution is -2.26. The van der Waals surface area contributed by atoms with E-state index in [2.05, 4.69) is 11.5 Å². The number of primary amides is 1. The Morgan fingerprint density at radius 3 is 2.34 bits per heavy atom. The lowest BCUT2D eigenvalue weighted by molar-refractivity contribution is -0.127. The van der Waals surface area contributed by atoms with Crippen LogP contribution in [0.2, 0.25) is 0 Å². The minimum atomic E-state index is -0.530. The summed E-state index contributed by atoms with van der Waals surface area (Å²) in [7, 11) is 1.85. The molecule has 4 rings (SSSR count). The molecular formula is C27H35N5O3. The topological polar surface area (TPSA) is 95.3 Å². The summed E-state index contributed by atoms with van der Waals surface area (Å²) in [5, 5.41) is 0. The van der Waals surface area contributed by atoms with Crippen LogP contribution < -0.4 is 11.3 Å². The number of nitrogens with zero attached hydrogens (tertiary/aromatic N) is 4. The third kappa shape index (κ3) is 4.33. The Hall–Kier alpha value is -3.55. The smallest absolute Gasteiger partial charge is 0.279 e. The fourth-order valence-electron chi connectivity index (χ4n) is 5.38. The second-order valence-electron chi connectivity index (χ2n) is 9.32. The first-order valence-corrected chi connectivity index (χ1v) is 12.4. The van der Waals surface area contributed by atoms with Gasteiger partial charge in [-0.15, -0.1) is 0 Å². The van der Waals surface area contributed by atoms with Crippen molar-refractivity contribution in [3.8, 4) is 16.8 Å². The van der Waals surface area contributed by atoms with E-state index >= 15 is 0 Å².